The van der Waals surface area contributed by atoms with Crippen LogP contribution in [0, 0.1) is 6.92 Å². The lowest BCUT2D eigenvalue weighted by Crippen LogP contribution is -2.19. The van der Waals surface area contributed by atoms with Gasteiger partial charge in [0.1, 0.15) is 0 Å². The van der Waals surface area contributed by atoms with Crippen molar-refractivity contribution in [1.82, 2.24) is 10.3 Å². The molecule has 18 heavy (non-hydrogen) atoms. The molecule has 1 unspecified atom stereocenters. The van der Waals surface area contributed by atoms with Crippen molar-refractivity contribution in [3.05, 3.63) is 50.4 Å². The Balaban J connectivity index is 2.17. The lowest BCUT2D eigenvalue weighted by molar-refractivity contribution is 0.623. The number of aromatic nitrogens is 1. The van der Waals surface area contributed by atoms with E-state index in [1.807, 2.05) is 14.0 Å². The molecule has 1 aromatic carbocycles. The molecule has 0 saturated heterocycles. The van der Waals surface area contributed by atoms with E-state index in [9.17, 15) is 0 Å². The topological polar surface area (TPSA) is 24.9 Å². The molecule has 2 rings (SSSR count). The molecular formula is C14H17BrN2S. The van der Waals surface area contributed by atoms with Crippen LogP contribution in [0.1, 0.15) is 22.2 Å². The highest BCUT2D eigenvalue weighted by Crippen LogP contribution is 2.24. The van der Waals surface area contributed by atoms with Gasteiger partial charge in [0.15, 0.2) is 0 Å². The lowest BCUT2D eigenvalue weighted by atomic mass is 9.96. The van der Waals surface area contributed by atoms with Crippen molar-refractivity contribution >= 4 is 27.3 Å². The number of nitrogens with one attached hydrogen (secondary N) is 1. The summed E-state index contributed by atoms with van der Waals surface area (Å²) in [6, 6.07) is 8.54. The first-order chi connectivity index (χ1) is 8.69. The van der Waals surface area contributed by atoms with Gasteiger partial charge in [-0.25, -0.2) is 4.98 Å². The highest BCUT2D eigenvalue weighted by Gasteiger charge is 2.13. The predicted molar refractivity (Wildman–Crippen MR) is 81.4 cm³/mol. The molecule has 96 valence electrons. The predicted octanol–water partition coefficient (Wildman–Crippen LogP) is 3.76. The maximum Gasteiger partial charge on any atom is 0.0934 e. The van der Waals surface area contributed by atoms with Crippen molar-refractivity contribution in [2.75, 3.05) is 13.6 Å². The Hall–Kier alpha value is -0.710. The zero-order chi connectivity index (χ0) is 13.0. The van der Waals surface area contributed by atoms with E-state index in [0.717, 1.165) is 23.1 Å². The van der Waals surface area contributed by atoms with Crippen molar-refractivity contribution in [2.45, 2.75) is 19.3 Å². The van der Waals surface area contributed by atoms with Gasteiger partial charge in [0, 0.05) is 34.4 Å². The van der Waals surface area contributed by atoms with Gasteiger partial charge >= 0.3 is 0 Å². The molecule has 0 amide bonds. The first kappa shape index (κ1) is 13.7. The second-order valence-corrected chi connectivity index (χ2v) is 6.25. The zero-order valence-electron chi connectivity index (χ0n) is 10.6. The van der Waals surface area contributed by atoms with Crippen molar-refractivity contribution in [3.63, 3.8) is 0 Å². The fourth-order valence-electron chi connectivity index (χ4n) is 2.02. The summed E-state index contributed by atoms with van der Waals surface area (Å²) in [5.74, 6) is 0.470. The molecular weight excluding hydrogens is 308 g/mol. The SMILES string of the molecule is CNCC(Cc1nc(C)cs1)c1cccc(Br)c1. The quantitative estimate of drug-likeness (QED) is 0.905. The largest absolute Gasteiger partial charge is 0.319 e. The number of hydrogen-bond acceptors (Lipinski definition) is 3. The molecule has 4 heteroatoms. The maximum absolute atomic E-state index is 4.56. The smallest absolute Gasteiger partial charge is 0.0934 e. The third-order valence-electron chi connectivity index (χ3n) is 2.86. The monoisotopic (exact) mass is 324 g/mol. The molecule has 0 spiro atoms. The number of benzene rings is 1. The first-order valence-electron chi connectivity index (χ1n) is 6.00. The molecule has 1 heterocycles. The van der Waals surface area contributed by atoms with E-state index in [0.29, 0.717) is 5.92 Å². The molecule has 0 bridgehead atoms. The highest BCUT2D eigenvalue weighted by molar-refractivity contribution is 9.10. The Morgan fingerprint density at radius 1 is 1.44 bits per heavy atom. The number of thiazole rings is 1. The van der Waals surface area contributed by atoms with Gasteiger partial charge in [-0.05, 0) is 31.7 Å². The van der Waals surface area contributed by atoms with Crippen molar-refractivity contribution in [3.8, 4) is 0 Å². The summed E-state index contributed by atoms with van der Waals surface area (Å²) >= 11 is 5.29. The Kier molecular flexibility index (Phi) is 4.92. The third kappa shape index (κ3) is 3.64. The van der Waals surface area contributed by atoms with Crippen molar-refractivity contribution in [2.24, 2.45) is 0 Å². The summed E-state index contributed by atoms with van der Waals surface area (Å²) in [7, 11) is 2.00. The van der Waals surface area contributed by atoms with Crippen LogP contribution in [0.5, 0.6) is 0 Å². The first-order valence-corrected chi connectivity index (χ1v) is 7.67. The molecule has 0 radical (unpaired) electrons. The van der Waals surface area contributed by atoms with Gasteiger partial charge in [0.2, 0.25) is 0 Å². The van der Waals surface area contributed by atoms with Gasteiger partial charge in [-0.1, -0.05) is 28.1 Å². The molecule has 2 aromatic rings. The number of hydrogen-bond donors (Lipinski definition) is 1. The number of rotatable bonds is 5. The maximum atomic E-state index is 4.56. The van der Waals surface area contributed by atoms with Gasteiger partial charge < -0.3 is 5.32 Å². The van der Waals surface area contributed by atoms with E-state index in [1.165, 1.54) is 10.6 Å². The van der Waals surface area contributed by atoms with Crippen LogP contribution in [0.2, 0.25) is 0 Å². The zero-order valence-corrected chi connectivity index (χ0v) is 13.0. The fraction of sp³-hybridized carbons (Fsp3) is 0.357. The summed E-state index contributed by atoms with van der Waals surface area (Å²) in [6.07, 6.45) is 0.996. The summed E-state index contributed by atoms with van der Waals surface area (Å²) < 4.78 is 1.14. The minimum absolute atomic E-state index is 0.470. The number of halogens is 1. The summed E-state index contributed by atoms with van der Waals surface area (Å²) in [5.41, 5.74) is 2.47. The second-order valence-electron chi connectivity index (χ2n) is 4.40. The van der Waals surface area contributed by atoms with Crippen LogP contribution < -0.4 is 5.32 Å². The Morgan fingerprint density at radius 2 is 2.28 bits per heavy atom. The highest BCUT2D eigenvalue weighted by atomic mass is 79.9. The average molecular weight is 325 g/mol. The van der Waals surface area contributed by atoms with Crippen LogP contribution in [-0.4, -0.2) is 18.6 Å². The molecule has 1 N–H and O–H groups in total. The van der Waals surface area contributed by atoms with Crippen LogP contribution in [0.4, 0.5) is 0 Å². The molecule has 0 saturated carbocycles. The molecule has 1 aromatic heterocycles. The van der Waals surface area contributed by atoms with Crippen LogP contribution in [0.25, 0.3) is 0 Å². The van der Waals surface area contributed by atoms with Gasteiger partial charge in [-0.3, -0.25) is 0 Å². The molecule has 2 nitrogen and oxygen atoms in total. The van der Waals surface area contributed by atoms with E-state index in [2.05, 4.69) is 55.9 Å². The van der Waals surface area contributed by atoms with Gasteiger partial charge in [0.25, 0.3) is 0 Å². The van der Waals surface area contributed by atoms with Gasteiger partial charge in [-0.15, -0.1) is 11.3 Å². The van der Waals surface area contributed by atoms with Crippen LogP contribution in [0.3, 0.4) is 0 Å². The Morgan fingerprint density at radius 3 is 2.89 bits per heavy atom. The molecule has 0 aliphatic heterocycles. The molecule has 0 fully saturated rings. The van der Waals surface area contributed by atoms with Gasteiger partial charge in [-0.2, -0.15) is 0 Å². The van der Waals surface area contributed by atoms with E-state index < -0.39 is 0 Å². The minimum atomic E-state index is 0.470. The standard InChI is InChI=1S/C14H17BrN2S/c1-10-9-18-14(17-10)7-12(8-16-2)11-4-3-5-13(15)6-11/h3-6,9,12,16H,7-8H2,1-2H3. The minimum Gasteiger partial charge on any atom is -0.319 e. The number of aryl methyl sites for hydroxylation is 1. The Bertz CT molecular complexity index is 510. The van der Waals surface area contributed by atoms with E-state index >= 15 is 0 Å². The lowest BCUT2D eigenvalue weighted by Gasteiger charge is -2.16. The summed E-state index contributed by atoms with van der Waals surface area (Å²) in [5, 5.41) is 6.61. The number of nitrogens with zero attached hydrogens (tertiary/aromatic N) is 1. The normalized spacial score (nSPS) is 12.6. The van der Waals surface area contributed by atoms with Crippen molar-refractivity contribution in [1.29, 1.82) is 0 Å². The fourth-order valence-corrected chi connectivity index (χ4v) is 3.29. The van der Waals surface area contributed by atoms with E-state index in [-0.39, 0.29) is 0 Å². The molecule has 1 atom stereocenters. The molecule has 0 aliphatic rings. The summed E-state index contributed by atoms with van der Waals surface area (Å²) in [6.45, 7) is 3.02. The Labute approximate surface area is 121 Å². The molecule has 0 aliphatic carbocycles. The third-order valence-corrected chi connectivity index (χ3v) is 4.34. The number of likely N-dealkylation sites (N-methyl/N-ethyl adjacent to an activating group) is 1. The van der Waals surface area contributed by atoms with E-state index in [4.69, 9.17) is 0 Å². The van der Waals surface area contributed by atoms with Crippen LogP contribution in [0.15, 0.2) is 34.1 Å². The second kappa shape index (κ2) is 6.45. The van der Waals surface area contributed by atoms with Crippen molar-refractivity contribution < 1.29 is 0 Å². The van der Waals surface area contributed by atoms with Crippen LogP contribution >= 0.6 is 27.3 Å². The van der Waals surface area contributed by atoms with E-state index in [1.54, 1.807) is 11.3 Å². The average Bonchev–Trinajstić information content (AvgIpc) is 2.74. The summed E-state index contributed by atoms with van der Waals surface area (Å²) in [4.78, 5) is 4.56. The van der Waals surface area contributed by atoms with Crippen LogP contribution in [-0.2, 0) is 6.42 Å². The van der Waals surface area contributed by atoms with Gasteiger partial charge in [0.05, 0.1) is 5.01 Å².